The summed E-state index contributed by atoms with van der Waals surface area (Å²) >= 11 is 0. The summed E-state index contributed by atoms with van der Waals surface area (Å²) in [6.45, 7) is 0.462. The number of benzene rings is 2. The van der Waals surface area contributed by atoms with Gasteiger partial charge in [-0.25, -0.2) is 4.79 Å². The van der Waals surface area contributed by atoms with Crippen LogP contribution in [0.25, 0.3) is 11.0 Å². The number of aromatic hydroxyl groups is 1. The van der Waals surface area contributed by atoms with Crippen LogP contribution in [-0.4, -0.2) is 16.6 Å². The van der Waals surface area contributed by atoms with Crippen LogP contribution in [0, 0.1) is 10.1 Å². The highest BCUT2D eigenvalue weighted by atomic mass is 16.6. The molecule has 3 aromatic rings. The first-order valence-electron chi connectivity index (χ1n) is 7.67. The van der Waals surface area contributed by atoms with Crippen molar-refractivity contribution in [2.75, 3.05) is 6.61 Å². The van der Waals surface area contributed by atoms with Gasteiger partial charge in [-0.15, -0.1) is 0 Å². The maximum atomic E-state index is 11.6. The molecule has 0 saturated carbocycles. The van der Waals surface area contributed by atoms with E-state index in [-0.39, 0.29) is 11.0 Å². The van der Waals surface area contributed by atoms with E-state index in [1.165, 1.54) is 17.7 Å². The van der Waals surface area contributed by atoms with Gasteiger partial charge < -0.3 is 14.3 Å². The summed E-state index contributed by atoms with van der Waals surface area (Å²) in [5.41, 5.74) is -0.915. The van der Waals surface area contributed by atoms with Gasteiger partial charge in [0.25, 0.3) is 0 Å². The van der Waals surface area contributed by atoms with E-state index >= 15 is 0 Å². The third-order valence-corrected chi connectivity index (χ3v) is 3.73. The fraction of sp³-hybridized carbons (Fsp3) is 0.167. The lowest BCUT2D eigenvalue weighted by molar-refractivity contribution is -0.388. The molecule has 1 aromatic heterocycles. The number of ether oxygens (including phenoxy) is 1. The van der Waals surface area contributed by atoms with Gasteiger partial charge in [-0.2, -0.15) is 0 Å². The quantitative estimate of drug-likeness (QED) is 0.319. The van der Waals surface area contributed by atoms with Crippen molar-refractivity contribution in [3.63, 3.8) is 0 Å². The highest BCUT2D eigenvalue weighted by Crippen LogP contribution is 2.32. The molecule has 0 aliphatic carbocycles. The van der Waals surface area contributed by atoms with Gasteiger partial charge in [-0.3, -0.25) is 10.1 Å². The molecular formula is C18H15NO6. The van der Waals surface area contributed by atoms with E-state index in [0.29, 0.717) is 12.4 Å². The Morgan fingerprint density at radius 1 is 1.16 bits per heavy atom. The highest BCUT2D eigenvalue weighted by molar-refractivity contribution is 5.87. The molecule has 0 fully saturated rings. The van der Waals surface area contributed by atoms with E-state index in [4.69, 9.17) is 9.15 Å². The van der Waals surface area contributed by atoms with Gasteiger partial charge >= 0.3 is 11.3 Å². The van der Waals surface area contributed by atoms with Gasteiger partial charge in [-0.1, -0.05) is 30.3 Å². The van der Waals surface area contributed by atoms with Crippen LogP contribution >= 0.6 is 0 Å². The first-order valence-corrected chi connectivity index (χ1v) is 7.67. The number of fused-ring (bicyclic) bond motifs is 1. The molecule has 1 heterocycles. The molecule has 0 bridgehead atoms. The monoisotopic (exact) mass is 341 g/mol. The van der Waals surface area contributed by atoms with Crippen molar-refractivity contribution in [3.8, 4) is 11.5 Å². The van der Waals surface area contributed by atoms with Gasteiger partial charge in [0.15, 0.2) is 0 Å². The topological polar surface area (TPSA) is 103 Å². The highest BCUT2D eigenvalue weighted by Gasteiger charge is 2.24. The molecule has 3 rings (SSSR count). The number of rotatable bonds is 6. The maximum Gasteiger partial charge on any atom is 0.419 e. The predicted molar refractivity (Wildman–Crippen MR) is 91.1 cm³/mol. The third-order valence-electron chi connectivity index (χ3n) is 3.73. The Bertz CT molecular complexity index is 964. The van der Waals surface area contributed by atoms with Gasteiger partial charge in [0.2, 0.25) is 5.75 Å². The molecule has 1 N–H and O–H groups in total. The van der Waals surface area contributed by atoms with Crippen molar-refractivity contribution < 1.29 is 19.2 Å². The Kier molecular flexibility index (Phi) is 4.65. The van der Waals surface area contributed by atoms with Crippen LogP contribution in [0.5, 0.6) is 11.5 Å². The summed E-state index contributed by atoms with van der Waals surface area (Å²) in [5, 5.41) is 20.8. The maximum absolute atomic E-state index is 11.6. The lowest BCUT2D eigenvalue weighted by Crippen LogP contribution is -2.07. The first kappa shape index (κ1) is 16.5. The van der Waals surface area contributed by atoms with Gasteiger partial charge in [0.1, 0.15) is 11.3 Å². The zero-order valence-corrected chi connectivity index (χ0v) is 13.2. The normalized spacial score (nSPS) is 10.7. The van der Waals surface area contributed by atoms with Gasteiger partial charge in [-0.05, 0) is 30.5 Å². The van der Waals surface area contributed by atoms with E-state index in [9.17, 15) is 20.0 Å². The molecule has 7 nitrogen and oxygen atoms in total. The van der Waals surface area contributed by atoms with Crippen LogP contribution in [0.1, 0.15) is 12.0 Å². The molecule has 0 aliphatic heterocycles. The Morgan fingerprint density at radius 2 is 1.92 bits per heavy atom. The molecule has 0 unspecified atom stereocenters. The second-order valence-electron chi connectivity index (χ2n) is 5.44. The largest absolute Gasteiger partial charge is 0.501 e. The molecule has 25 heavy (non-hydrogen) atoms. The second-order valence-corrected chi connectivity index (χ2v) is 5.44. The lowest BCUT2D eigenvalue weighted by Gasteiger charge is -2.07. The zero-order valence-electron chi connectivity index (χ0n) is 13.2. The van der Waals surface area contributed by atoms with E-state index in [1.807, 2.05) is 30.3 Å². The number of nitro groups is 1. The molecule has 0 saturated heterocycles. The van der Waals surface area contributed by atoms with Crippen LogP contribution in [0.2, 0.25) is 0 Å². The molecule has 0 atom stereocenters. The van der Waals surface area contributed by atoms with E-state index in [2.05, 4.69) is 0 Å². The van der Waals surface area contributed by atoms with Crippen LogP contribution < -0.4 is 10.4 Å². The summed E-state index contributed by atoms with van der Waals surface area (Å²) in [6, 6.07) is 14.4. The van der Waals surface area contributed by atoms with Crippen LogP contribution in [0.3, 0.4) is 0 Å². The SMILES string of the molecule is O=c1oc2cc(OCCCc3ccccc3)ccc2c(O)c1[N+](=O)[O-]. The molecule has 0 aliphatic rings. The fourth-order valence-corrected chi connectivity index (χ4v) is 2.52. The van der Waals surface area contributed by atoms with E-state index in [0.717, 1.165) is 12.8 Å². The van der Waals surface area contributed by atoms with Crippen LogP contribution in [0.4, 0.5) is 5.69 Å². The zero-order chi connectivity index (χ0) is 17.8. The average Bonchev–Trinajstić information content (AvgIpc) is 2.59. The predicted octanol–water partition coefficient (Wildman–Crippen LogP) is 3.42. The van der Waals surface area contributed by atoms with Crippen molar-refractivity contribution in [3.05, 3.63) is 74.6 Å². The molecule has 0 radical (unpaired) electrons. The summed E-state index contributed by atoms with van der Waals surface area (Å²) in [5.74, 6) is -0.246. The first-order chi connectivity index (χ1) is 12.1. The van der Waals surface area contributed by atoms with E-state index in [1.54, 1.807) is 6.07 Å². The average molecular weight is 341 g/mol. The Hall–Kier alpha value is -3.35. The van der Waals surface area contributed by atoms with E-state index < -0.39 is 22.0 Å². The Morgan fingerprint density at radius 3 is 2.64 bits per heavy atom. The van der Waals surface area contributed by atoms with Crippen molar-refractivity contribution >= 4 is 16.7 Å². The minimum Gasteiger partial charge on any atom is -0.501 e. The smallest absolute Gasteiger partial charge is 0.419 e. The van der Waals surface area contributed by atoms with Crippen molar-refractivity contribution in [2.45, 2.75) is 12.8 Å². The van der Waals surface area contributed by atoms with Gasteiger partial charge in [0, 0.05) is 6.07 Å². The summed E-state index contributed by atoms with van der Waals surface area (Å²) < 4.78 is 10.5. The Labute approximate surface area is 142 Å². The van der Waals surface area contributed by atoms with Crippen molar-refractivity contribution in [2.24, 2.45) is 0 Å². The van der Waals surface area contributed by atoms with Gasteiger partial charge in [0.05, 0.1) is 16.9 Å². The Balaban J connectivity index is 1.72. The molecule has 0 amide bonds. The summed E-state index contributed by atoms with van der Waals surface area (Å²) in [4.78, 5) is 21.5. The molecule has 2 aromatic carbocycles. The molecule has 0 spiro atoms. The lowest BCUT2D eigenvalue weighted by atomic mass is 10.1. The van der Waals surface area contributed by atoms with Crippen molar-refractivity contribution in [1.29, 1.82) is 0 Å². The molecular weight excluding hydrogens is 326 g/mol. The standard InChI is InChI=1S/C18H15NO6/c20-17-14-9-8-13(11-15(14)25-18(21)16(17)19(22)23)24-10-4-7-12-5-2-1-3-6-12/h1-3,5-6,8-9,11,20H,4,7,10H2. The third kappa shape index (κ3) is 3.60. The molecule has 7 heteroatoms. The minimum absolute atomic E-state index is 0.0358. The fourth-order valence-electron chi connectivity index (χ4n) is 2.52. The summed E-state index contributed by atoms with van der Waals surface area (Å²) in [7, 11) is 0. The molecule has 128 valence electrons. The van der Waals surface area contributed by atoms with Crippen LogP contribution in [-0.2, 0) is 6.42 Å². The number of aryl methyl sites for hydroxylation is 1. The number of nitrogens with zero attached hydrogens (tertiary/aromatic N) is 1. The number of hydrogen-bond donors (Lipinski definition) is 1. The van der Waals surface area contributed by atoms with Crippen molar-refractivity contribution in [1.82, 2.24) is 0 Å². The summed E-state index contributed by atoms with van der Waals surface area (Å²) in [6.07, 6.45) is 1.67. The minimum atomic E-state index is -1.20. The second kappa shape index (κ2) is 7.04. The van der Waals surface area contributed by atoms with Crippen LogP contribution in [0.15, 0.2) is 57.7 Å². The number of hydrogen-bond acceptors (Lipinski definition) is 6.